The lowest BCUT2D eigenvalue weighted by molar-refractivity contribution is -0.136. The van der Waals surface area contributed by atoms with Crippen molar-refractivity contribution in [3.05, 3.63) is 34.9 Å². The lowest BCUT2D eigenvalue weighted by atomic mass is 9.47. The maximum Gasteiger partial charge on any atom is 0.255 e. The second-order valence-corrected chi connectivity index (χ2v) is 11.3. The van der Waals surface area contributed by atoms with E-state index in [1.807, 2.05) is 18.2 Å². The molecule has 1 aromatic rings. The quantitative estimate of drug-likeness (QED) is 0.611. The predicted octanol–water partition coefficient (Wildman–Crippen LogP) is 1.83. The van der Waals surface area contributed by atoms with Crippen molar-refractivity contribution >= 4 is 17.7 Å². The van der Waals surface area contributed by atoms with Gasteiger partial charge in [-0.15, -0.1) is 0 Å². The summed E-state index contributed by atoms with van der Waals surface area (Å²) in [4.78, 5) is 38.8. The Morgan fingerprint density at radius 1 is 1.12 bits per heavy atom. The highest BCUT2D eigenvalue weighted by Crippen LogP contribution is 2.60. The fourth-order valence-electron chi connectivity index (χ4n) is 8.03. The molecule has 1 aromatic carbocycles. The van der Waals surface area contributed by atoms with E-state index < -0.39 is 6.04 Å². The second-order valence-electron chi connectivity index (χ2n) is 11.3. The molecule has 170 valence electrons. The number of hydrogen-bond donors (Lipinski definition) is 3. The Hall–Kier alpha value is -2.25. The molecule has 2 heterocycles. The molecule has 4 saturated carbocycles. The Labute approximate surface area is 188 Å². The van der Waals surface area contributed by atoms with Gasteiger partial charge in [0.2, 0.25) is 11.8 Å². The molecule has 4 bridgehead atoms. The number of nitrogens with two attached hydrogens (primary N) is 1. The maximum absolute atomic E-state index is 13.3. The van der Waals surface area contributed by atoms with Crippen LogP contribution in [0.1, 0.15) is 72.9 Å². The van der Waals surface area contributed by atoms with E-state index in [0.29, 0.717) is 24.9 Å². The summed E-state index contributed by atoms with van der Waals surface area (Å²) in [6.45, 7) is 2.03. The fourth-order valence-corrected chi connectivity index (χ4v) is 8.03. The summed E-state index contributed by atoms with van der Waals surface area (Å²) >= 11 is 0. The van der Waals surface area contributed by atoms with Crippen LogP contribution in [-0.4, -0.2) is 40.7 Å². The zero-order chi connectivity index (χ0) is 22.1. The lowest BCUT2D eigenvalue weighted by Crippen LogP contribution is -2.62. The van der Waals surface area contributed by atoms with E-state index in [1.54, 1.807) is 4.90 Å². The molecule has 6 aliphatic rings. The standard InChI is InChI=1S/C25H32N4O3/c26-25-9-15-6-16(10-25)8-24(7-15,13-25)14-27-11-17-2-1-3-18-12-29(23(32)21(17)18)19-4-5-20(30)28-22(19)31/h1-3,15-16,19,27H,4-14,26H2,(H,28,30,31). The van der Waals surface area contributed by atoms with Gasteiger partial charge in [0.1, 0.15) is 6.04 Å². The van der Waals surface area contributed by atoms with E-state index in [4.69, 9.17) is 5.73 Å². The predicted molar refractivity (Wildman–Crippen MR) is 118 cm³/mol. The summed E-state index contributed by atoms with van der Waals surface area (Å²) < 4.78 is 0. The maximum atomic E-state index is 13.3. The summed E-state index contributed by atoms with van der Waals surface area (Å²) in [5.41, 5.74) is 9.79. The van der Waals surface area contributed by atoms with E-state index in [2.05, 4.69) is 10.6 Å². The number of carbonyl (C=O) groups is 3. The van der Waals surface area contributed by atoms with Crippen LogP contribution in [0.4, 0.5) is 0 Å². The van der Waals surface area contributed by atoms with Crippen molar-refractivity contribution < 1.29 is 14.4 Å². The molecule has 5 fully saturated rings. The Morgan fingerprint density at radius 2 is 1.91 bits per heavy atom. The van der Waals surface area contributed by atoms with Crippen LogP contribution in [0.3, 0.4) is 0 Å². The number of nitrogens with zero attached hydrogens (tertiary/aromatic N) is 1. The van der Waals surface area contributed by atoms with Gasteiger partial charge in [0, 0.05) is 37.2 Å². The molecule has 2 aliphatic heterocycles. The van der Waals surface area contributed by atoms with Gasteiger partial charge in [0.15, 0.2) is 0 Å². The number of imide groups is 1. The Kier molecular flexibility index (Phi) is 4.53. The minimum absolute atomic E-state index is 0.0399. The molecule has 3 amide bonds. The van der Waals surface area contributed by atoms with Crippen LogP contribution < -0.4 is 16.4 Å². The van der Waals surface area contributed by atoms with Gasteiger partial charge in [0.05, 0.1) is 0 Å². The molecule has 32 heavy (non-hydrogen) atoms. The molecule has 0 aromatic heterocycles. The largest absolute Gasteiger partial charge is 0.325 e. The smallest absolute Gasteiger partial charge is 0.255 e. The molecule has 1 saturated heterocycles. The van der Waals surface area contributed by atoms with E-state index in [0.717, 1.165) is 41.5 Å². The van der Waals surface area contributed by atoms with E-state index in [-0.39, 0.29) is 29.7 Å². The van der Waals surface area contributed by atoms with E-state index in [1.165, 1.54) is 32.1 Å². The first-order chi connectivity index (χ1) is 15.3. The van der Waals surface area contributed by atoms with Crippen molar-refractivity contribution in [2.75, 3.05) is 6.54 Å². The third-order valence-electron chi connectivity index (χ3n) is 8.68. The van der Waals surface area contributed by atoms with Crippen LogP contribution in [0.5, 0.6) is 0 Å². The Bertz CT molecular complexity index is 991. The van der Waals surface area contributed by atoms with Gasteiger partial charge in [-0.1, -0.05) is 18.2 Å². The monoisotopic (exact) mass is 436 g/mol. The van der Waals surface area contributed by atoms with Crippen molar-refractivity contribution in [3.63, 3.8) is 0 Å². The number of piperidine rings is 1. The first-order valence-electron chi connectivity index (χ1n) is 12.1. The minimum atomic E-state index is -0.568. The molecule has 7 heteroatoms. The van der Waals surface area contributed by atoms with Gasteiger partial charge in [-0.05, 0) is 73.3 Å². The third-order valence-corrected chi connectivity index (χ3v) is 8.68. The third kappa shape index (κ3) is 3.28. The van der Waals surface area contributed by atoms with Gasteiger partial charge in [0.25, 0.3) is 5.91 Å². The fraction of sp³-hybridized carbons (Fsp3) is 0.640. The molecular formula is C25H32N4O3. The highest BCUT2D eigenvalue weighted by atomic mass is 16.2. The average molecular weight is 437 g/mol. The molecular weight excluding hydrogens is 404 g/mol. The minimum Gasteiger partial charge on any atom is -0.325 e. The highest BCUT2D eigenvalue weighted by molar-refractivity contribution is 6.05. The number of hydrogen-bond acceptors (Lipinski definition) is 5. The normalized spacial score (nSPS) is 37.7. The van der Waals surface area contributed by atoms with Crippen molar-refractivity contribution in [2.45, 2.75) is 76.0 Å². The summed E-state index contributed by atoms with van der Waals surface area (Å²) in [6, 6.07) is 5.42. The van der Waals surface area contributed by atoms with Crippen LogP contribution in [0, 0.1) is 17.3 Å². The first-order valence-corrected chi connectivity index (χ1v) is 12.1. The van der Waals surface area contributed by atoms with Crippen LogP contribution in [-0.2, 0) is 22.7 Å². The average Bonchev–Trinajstić information content (AvgIpc) is 3.03. The number of amides is 3. The van der Waals surface area contributed by atoms with Crippen molar-refractivity contribution in [1.82, 2.24) is 15.5 Å². The molecule has 4 aliphatic carbocycles. The summed E-state index contributed by atoms with van der Waals surface area (Å²) in [6.07, 6.45) is 8.10. The molecule has 7 rings (SSSR count). The van der Waals surface area contributed by atoms with Crippen molar-refractivity contribution in [2.24, 2.45) is 23.0 Å². The van der Waals surface area contributed by atoms with E-state index in [9.17, 15) is 14.4 Å². The summed E-state index contributed by atoms with van der Waals surface area (Å²) in [7, 11) is 0. The van der Waals surface area contributed by atoms with Crippen LogP contribution in [0.15, 0.2) is 18.2 Å². The Balaban J connectivity index is 1.15. The second kappa shape index (κ2) is 7.12. The number of rotatable bonds is 5. The van der Waals surface area contributed by atoms with Gasteiger partial charge in [-0.2, -0.15) is 0 Å². The summed E-state index contributed by atoms with van der Waals surface area (Å²) in [5.74, 6) is 0.854. The molecule has 3 unspecified atom stereocenters. The zero-order valence-corrected chi connectivity index (χ0v) is 18.5. The SMILES string of the molecule is NC12CC3CC(C1)CC(CNCc1cccc4c1C(=O)N(C1CCC(=O)NC1=O)C4)(C3)C2. The topological polar surface area (TPSA) is 105 Å². The van der Waals surface area contributed by atoms with Crippen LogP contribution in [0.25, 0.3) is 0 Å². The Morgan fingerprint density at radius 3 is 2.62 bits per heavy atom. The highest BCUT2D eigenvalue weighted by Gasteiger charge is 2.55. The zero-order valence-electron chi connectivity index (χ0n) is 18.5. The number of benzene rings is 1. The number of nitrogens with one attached hydrogen (secondary N) is 2. The van der Waals surface area contributed by atoms with Crippen molar-refractivity contribution in [1.29, 1.82) is 0 Å². The van der Waals surface area contributed by atoms with E-state index >= 15 is 0 Å². The van der Waals surface area contributed by atoms with Gasteiger partial charge in [-0.25, -0.2) is 0 Å². The van der Waals surface area contributed by atoms with Gasteiger partial charge < -0.3 is 16.0 Å². The number of fused-ring (bicyclic) bond motifs is 1. The van der Waals surface area contributed by atoms with Gasteiger partial charge >= 0.3 is 0 Å². The summed E-state index contributed by atoms with van der Waals surface area (Å²) in [5, 5.41) is 6.06. The van der Waals surface area contributed by atoms with Gasteiger partial charge in [-0.3, -0.25) is 19.7 Å². The van der Waals surface area contributed by atoms with Crippen molar-refractivity contribution in [3.8, 4) is 0 Å². The lowest BCUT2D eigenvalue weighted by Gasteiger charge is -2.61. The number of carbonyl (C=O) groups excluding carboxylic acids is 3. The molecule has 0 radical (unpaired) electrons. The molecule has 7 nitrogen and oxygen atoms in total. The van der Waals surface area contributed by atoms with Crippen LogP contribution in [0.2, 0.25) is 0 Å². The molecule has 0 spiro atoms. The molecule has 3 atom stereocenters. The molecule has 4 N–H and O–H groups in total. The first kappa shape index (κ1) is 20.4. The van der Waals surface area contributed by atoms with Crippen LogP contribution >= 0.6 is 0 Å².